The van der Waals surface area contributed by atoms with Crippen LogP contribution in [0.2, 0.25) is 0 Å². The fraction of sp³-hybridized carbons (Fsp3) is 0.333. The van der Waals surface area contributed by atoms with E-state index in [2.05, 4.69) is 50.1 Å². The zero-order valence-corrected chi connectivity index (χ0v) is 15.1. The van der Waals surface area contributed by atoms with Gasteiger partial charge in [-0.1, -0.05) is 74.2 Å². The van der Waals surface area contributed by atoms with E-state index in [4.69, 9.17) is 16.3 Å². The fourth-order valence-electron chi connectivity index (χ4n) is 2.17. The first-order valence-corrected chi connectivity index (χ1v) is 10.8. The summed E-state index contributed by atoms with van der Waals surface area (Å²) in [4.78, 5) is 0. The minimum Gasteiger partial charge on any atom is -0.372 e. The number of hydrogen-bond acceptors (Lipinski definition) is 3. The first-order chi connectivity index (χ1) is 10.5. The van der Waals surface area contributed by atoms with Crippen LogP contribution in [0.5, 0.6) is 0 Å². The Morgan fingerprint density at radius 3 is 2.09 bits per heavy atom. The van der Waals surface area contributed by atoms with Gasteiger partial charge < -0.3 is 9.84 Å². The molecule has 0 aromatic heterocycles. The molecule has 0 unspecified atom stereocenters. The predicted molar refractivity (Wildman–Crippen MR) is 100 cm³/mol. The van der Waals surface area contributed by atoms with Crippen LogP contribution in [-0.2, 0) is 16.3 Å². The predicted octanol–water partition coefficient (Wildman–Crippen LogP) is 5.49. The van der Waals surface area contributed by atoms with Gasteiger partial charge in [0.2, 0.25) is 0 Å². The number of hydrogen-bond donors (Lipinski definition) is 1. The van der Waals surface area contributed by atoms with Gasteiger partial charge in [-0.2, -0.15) is 0 Å². The molecule has 2 aromatic carbocycles. The van der Waals surface area contributed by atoms with Crippen molar-refractivity contribution >= 4 is 23.8 Å². The molecule has 4 heteroatoms. The van der Waals surface area contributed by atoms with Crippen molar-refractivity contribution < 1.29 is 4.52 Å². The van der Waals surface area contributed by atoms with Gasteiger partial charge in [-0.15, -0.1) is 0 Å². The summed E-state index contributed by atoms with van der Waals surface area (Å²) >= 11 is 5.89. The van der Waals surface area contributed by atoms with E-state index >= 15 is 0 Å². The van der Waals surface area contributed by atoms with Gasteiger partial charge in [0.15, 0.2) is 0 Å². The number of para-hydroxylation sites is 1. The highest BCUT2D eigenvalue weighted by atomic mass is 32.4. The van der Waals surface area contributed by atoms with Crippen LogP contribution in [0, 0.1) is 5.92 Å². The molecule has 0 fully saturated rings. The summed E-state index contributed by atoms with van der Waals surface area (Å²) in [5, 5.41) is 3.58. The maximum Gasteiger partial charge on any atom is 0.103 e. The molecule has 0 bridgehead atoms. The fourth-order valence-corrected chi connectivity index (χ4v) is 4.72. The lowest BCUT2D eigenvalue weighted by Crippen LogP contribution is -2.14. The van der Waals surface area contributed by atoms with Crippen molar-refractivity contribution in [3.8, 4) is 0 Å². The first kappa shape index (κ1) is 17.2. The van der Waals surface area contributed by atoms with Crippen LogP contribution in [0.1, 0.15) is 25.2 Å². The van der Waals surface area contributed by atoms with Crippen molar-refractivity contribution in [1.29, 1.82) is 0 Å². The molecule has 0 saturated carbocycles. The molecule has 0 saturated heterocycles. The summed E-state index contributed by atoms with van der Waals surface area (Å²) < 4.78 is 6.14. The molecule has 0 aliphatic heterocycles. The number of anilines is 1. The number of rotatable bonds is 7. The minimum atomic E-state index is -2.02. The van der Waals surface area contributed by atoms with E-state index in [1.807, 2.05) is 36.4 Å². The molecule has 2 aromatic rings. The van der Waals surface area contributed by atoms with Gasteiger partial charge in [-0.25, -0.2) is 0 Å². The van der Waals surface area contributed by atoms with E-state index in [0.29, 0.717) is 12.5 Å². The highest BCUT2D eigenvalue weighted by Crippen LogP contribution is 2.57. The van der Waals surface area contributed by atoms with Crippen LogP contribution in [0.3, 0.4) is 0 Å². The van der Waals surface area contributed by atoms with Gasteiger partial charge in [0.25, 0.3) is 0 Å². The maximum absolute atomic E-state index is 6.14. The number of benzene rings is 2. The van der Waals surface area contributed by atoms with Crippen LogP contribution < -0.4 is 5.32 Å². The lowest BCUT2D eigenvalue weighted by atomic mass is 10.2. The Morgan fingerprint density at radius 2 is 1.55 bits per heavy atom. The van der Waals surface area contributed by atoms with Crippen molar-refractivity contribution in [2.45, 2.75) is 19.6 Å². The van der Waals surface area contributed by atoms with Crippen LogP contribution in [0.4, 0.5) is 5.69 Å². The molecule has 0 amide bonds. The van der Waals surface area contributed by atoms with Crippen LogP contribution in [-0.4, -0.2) is 13.3 Å². The third kappa shape index (κ3) is 4.95. The summed E-state index contributed by atoms with van der Waals surface area (Å²) in [5.41, 5.74) is 2.25. The second-order valence-corrected chi connectivity index (χ2v) is 10.7. The average Bonchev–Trinajstić information content (AvgIpc) is 2.52. The van der Waals surface area contributed by atoms with Crippen molar-refractivity contribution in [3.63, 3.8) is 0 Å². The van der Waals surface area contributed by atoms with E-state index in [-0.39, 0.29) is 5.78 Å². The standard InChI is InChI=1S/C18H24NOPS/c1-15(2)14-20-21(3,22)18(16-10-6-4-7-11-16)19-17-12-8-5-9-13-17/h4-13,15,18-19H,14H2,1-3H3/t18-,21-/m0/s1. The van der Waals surface area contributed by atoms with Crippen LogP contribution >= 0.6 is 6.26 Å². The summed E-state index contributed by atoms with van der Waals surface area (Å²) in [6, 6.07) is 20.5. The van der Waals surface area contributed by atoms with Crippen LogP contribution in [0.15, 0.2) is 60.7 Å². The van der Waals surface area contributed by atoms with E-state index < -0.39 is 6.26 Å². The summed E-state index contributed by atoms with van der Waals surface area (Å²) in [7, 11) is 0. The van der Waals surface area contributed by atoms with Crippen LogP contribution in [0.25, 0.3) is 0 Å². The molecule has 22 heavy (non-hydrogen) atoms. The zero-order valence-electron chi connectivity index (χ0n) is 13.4. The van der Waals surface area contributed by atoms with Gasteiger partial charge >= 0.3 is 0 Å². The first-order valence-electron chi connectivity index (χ1n) is 7.57. The zero-order chi connectivity index (χ0) is 16.0. The molecule has 2 atom stereocenters. The van der Waals surface area contributed by atoms with Gasteiger partial charge in [0, 0.05) is 5.69 Å². The highest BCUT2D eigenvalue weighted by Gasteiger charge is 2.26. The third-order valence-electron chi connectivity index (χ3n) is 3.33. The smallest absolute Gasteiger partial charge is 0.103 e. The quantitative estimate of drug-likeness (QED) is 0.677. The number of nitrogens with one attached hydrogen (secondary N) is 1. The SMILES string of the molecule is CC(C)CO[P@@](C)(=S)[C@H](Nc1ccccc1)c1ccccc1. The van der Waals surface area contributed by atoms with Crippen molar-refractivity contribution in [2.24, 2.45) is 5.92 Å². The second-order valence-electron chi connectivity index (χ2n) is 5.92. The van der Waals surface area contributed by atoms with Gasteiger partial charge in [0.05, 0.1) is 12.9 Å². The molecule has 118 valence electrons. The Kier molecular flexibility index (Phi) is 6.19. The largest absolute Gasteiger partial charge is 0.372 e. The lowest BCUT2D eigenvalue weighted by molar-refractivity contribution is 0.296. The molecule has 0 spiro atoms. The van der Waals surface area contributed by atoms with Crippen molar-refractivity contribution in [3.05, 3.63) is 66.2 Å². The third-order valence-corrected chi connectivity index (χ3v) is 6.30. The molecule has 1 N–H and O–H groups in total. The molecule has 2 nitrogen and oxygen atoms in total. The minimum absolute atomic E-state index is 0.0184. The maximum atomic E-state index is 6.14. The van der Waals surface area contributed by atoms with E-state index in [0.717, 1.165) is 5.69 Å². The molecular formula is C18H24NOPS. The van der Waals surface area contributed by atoms with E-state index in [9.17, 15) is 0 Å². The summed E-state index contributed by atoms with van der Waals surface area (Å²) in [5.74, 6) is 0.500. The Hall–Kier alpha value is -1.15. The Morgan fingerprint density at radius 1 is 1.00 bits per heavy atom. The van der Waals surface area contributed by atoms with Gasteiger partial charge in [-0.3, -0.25) is 0 Å². The molecule has 2 rings (SSSR count). The van der Waals surface area contributed by atoms with E-state index in [1.54, 1.807) is 0 Å². The Bertz CT molecular complexity index is 615. The highest BCUT2D eigenvalue weighted by molar-refractivity contribution is 8.12. The monoisotopic (exact) mass is 333 g/mol. The lowest BCUT2D eigenvalue weighted by Gasteiger charge is -2.30. The Labute approximate surface area is 139 Å². The summed E-state index contributed by atoms with van der Waals surface area (Å²) in [6.07, 6.45) is -2.02. The molecule has 0 aliphatic carbocycles. The van der Waals surface area contributed by atoms with Crippen molar-refractivity contribution in [1.82, 2.24) is 0 Å². The molecule has 0 aliphatic rings. The van der Waals surface area contributed by atoms with E-state index in [1.165, 1.54) is 5.56 Å². The average molecular weight is 333 g/mol. The Balaban J connectivity index is 2.27. The van der Waals surface area contributed by atoms with Gasteiger partial charge in [-0.05, 0) is 30.3 Å². The van der Waals surface area contributed by atoms with Crippen molar-refractivity contribution in [2.75, 3.05) is 18.6 Å². The summed E-state index contributed by atoms with van der Waals surface area (Å²) in [6.45, 7) is 7.08. The second kappa shape index (κ2) is 7.92. The molecular weight excluding hydrogens is 309 g/mol. The van der Waals surface area contributed by atoms with Gasteiger partial charge in [0.1, 0.15) is 5.78 Å². The topological polar surface area (TPSA) is 21.3 Å². The normalized spacial score (nSPS) is 15.3. The molecule has 0 heterocycles. The molecule has 0 radical (unpaired) electrons.